The molecule has 4 nitrogen and oxygen atoms in total. The highest BCUT2D eigenvalue weighted by Gasteiger charge is 2.21. The Kier molecular flexibility index (Phi) is 7.21. The number of thiazole rings is 1. The molecule has 1 aliphatic rings. The molecule has 0 atom stereocenters. The van der Waals surface area contributed by atoms with E-state index < -0.39 is 0 Å². The zero-order valence-corrected chi connectivity index (χ0v) is 15.6. The molecule has 0 aliphatic carbocycles. The van der Waals surface area contributed by atoms with Crippen LogP contribution in [0.15, 0.2) is 35.7 Å². The quantitative estimate of drug-likeness (QED) is 0.816. The highest BCUT2D eigenvalue weighted by atomic mass is 35.5. The molecule has 130 valence electrons. The molecule has 1 aromatic heterocycles. The fraction of sp³-hybridized carbons (Fsp3) is 0.444. The number of piperazine rings is 1. The number of carbonyl (C=O) groups is 1. The molecule has 0 spiro atoms. The number of aryl methyl sites for hydroxylation is 2. The first-order chi connectivity index (χ1) is 11.2. The number of hydrogen-bond donors (Lipinski definition) is 0. The Balaban J connectivity index is 0.00000208. The van der Waals surface area contributed by atoms with E-state index in [1.165, 1.54) is 10.6 Å². The monoisotopic (exact) mass is 365 g/mol. The minimum Gasteiger partial charge on any atom is -0.340 e. The highest BCUT2D eigenvalue weighted by Crippen LogP contribution is 2.14. The van der Waals surface area contributed by atoms with E-state index in [-0.39, 0.29) is 18.3 Å². The van der Waals surface area contributed by atoms with Crippen molar-refractivity contribution in [2.75, 3.05) is 26.2 Å². The van der Waals surface area contributed by atoms with Gasteiger partial charge < -0.3 is 4.90 Å². The van der Waals surface area contributed by atoms with Gasteiger partial charge >= 0.3 is 0 Å². The minimum absolute atomic E-state index is 0. The third kappa shape index (κ3) is 5.30. The summed E-state index contributed by atoms with van der Waals surface area (Å²) in [7, 11) is 0. The van der Waals surface area contributed by atoms with Crippen LogP contribution in [0.2, 0.25) is 0 Å². The second-order valence-electron chi connectivity index (χ2n) is 6.03. The smallest absolute Gasteiger partial charge is 0.222 e. The third-order valence-electron chi connectivity index (χ3n) is 4.22. The Morgan fingerprint density at radius 2 is 1.88 bits per heavy atom. The van der Waals surface area contributed by atoms with Crippen LogP contribution in [0.3, 0.4) is 0 Å². The fourth-order valence-electron chi connectivity index (χ4n) is 2.88. The molecule has 1 fully saturated rings. The zero-order chi connectivity index (χ0) is 16.1. The van der Waals surface area contributed by atoms with Crippen LogP contribution in [0.4, 0.5) is 0 Å². The molecule has 2 heterocycles. The van der Waals surface area contributed by atoms with Crippen molar-refractivity contribution < 1.29 is 4.79 Å². The van der Waals surface area contributed by atoms with Crippen molar-refractivity contribution in [1.29, 1.82) is 0 Å². The molecule has 6 heteroatoms. The van der Waals surface area contributed by atoms with Gasteiger partial charge in [-0.25, -0.2) is 4.98 Å². The number of carbonyl (C=O) groups excluding carboxylic acids is 1. The minimum atomic E-state index is 0. The van der Waals surface area contributed by atoms with Gasteiger partial charge in [0.1, 0.15) is 5.01 Å². The normalized spacial score (nSPS) is 15.1. The average Bonchev–Trinajstić information content (AvgIpc) is 2.99. The van der Waals surface area contributed by atoms with E-state index in [1.807, 2.05) is 30.0 Å². The second-order valence-corrected chi connectivity index (χ2v) is 6.97. The van der Waals surface area contributed by atoms with Crippen LogP contribution >= 0.6 is 23.7 Å². The fourth-order valence-corrected chi connectivity index (χ4v) is 3.69. The van der Waals surface area contributed by atoms with Crippen molar-refractivity contribution in [3.05, 3.63) is 52.0 Å². The van der Waals surface area contributed by atoms with Crippen LogP contribution in [-0.2, 0) is 17.8 Å². The summed E-state index contributed by atoms with van der Waals surface area (Å²) in [6, 6.07) is 10.2. The largest absolute Gasteiger partial charge is 0.340 e. The second kappa shape index (κ2) is 9.16. The van der Waals surface area contributed by atoms with E-state index in [4.69, 9.17) is 0 Å². The first-order valence-corrected chi connectivity index (χ1v) is 9.04. The van der Waals surface area contributed by atoms with Gasteiger partial charge in [-0.05, 0) is 18.9 Å². The lowest BCUT2D eigenvalue weighted by Gasteiger charge is -2.34. The lowest BCUT2D eigenvalue weighted by Crippen LogP contribution is -2.48. The number of aromatic nitrogens is 1. The first kappa shape index (κ1) is 18.9. The maximum atomic E-state index is 12.3. The molecule has 24 heavy (non-hydrogen) atoms. The lowest BCUT2D eigenvalue weighted by molar-refractivity contribution is -0.133. The van der Waals surface area contributed by atoms with Gasteiger partial charge in [0, 0.05) is 43.7 Å². The predicted octanol–water partition coefficient (Wildman–Crippen LogP) is 3.15. The lowest BCUT2D eigenvalue weighted by atomic mass is 10.1. The maximum Gasteiger partial charge on any atom is 0.222 e. The molecule has 1 saturated heterocycles. The number of amides is 1. The van der Waals surface area contributed by atoms with Crippen LogP contribution in [0, 0.1) is 6.92 Å². The molecule has 0 unspecified atom stereocenters. The molecule has 1 amide bonds. The van der Waals surface area contributed by atoms with Crippen molar-refractivity contribution in [1.82, 2.24) is 14.8 Å². The summed E-state index contributed by atoms with van der Waals surface area (Å²) >= 11 is 1.72. The summed E-state index contributed by atoms with van der Waals surface area (Å²) in [5, 5.41) is 3.27. The van der Waals surface area contributed by atoms with Crippen LogP contribution in [0.1, 0.15) is 22.7 Å². The number of nitrogens with zero attached hydrogens (tertiary/aromatic N) is 3. The third-order valence-corrected chi connectivity index (χ3v) is 5.17. The standard InChI is InChI=1S/C18H23N3OS.ClH/c1-15-14-23-17(19-15)13-20-9-11-21(12-10-20)18(22)8-7-16-5-3-2-4-6-16;/h2-6,14H,7-13H2,1H3;1H. The molecule has 0 radical (unpaired) electrons. The number of benzene rings is 1. The Bertz CT molecular complexity index is 639. The molecular formula is C18H24ClN3OS. The summed E-state index contributed by atoms with van der Waals surface area (Å²) in [6.07, 6.45) is 1.44. The van der Waals surface area contributed by atoms with Gasteiger partial charge in [-0.1, -0.05) is 30.3 Å². The van der Waals surface area contributed by atoms with Gasteiger partial charge in [0.15, 0.2) is 0 Å². The van der Waals surface area contributed by atoms with Gasteiger partial charge in [-0.3, -0.25) is 9.69 Å². The first-order valence-electron chi connectivity index (χ1n) is 8.16. The number of halogens is 1. The molecule has 1 aromatic carbocycles. The molecule has 2 aromatic rings. The van der Waals surface area contributed by atoms with Gasteiger partial charge in [0.05, 0.1) is 6.54 Å². The Morgan fingerprint density at radius 1 is 1.17 bits per heavy atom. The summed E-state index contributed by atoms with van der Waals surface area (Å²) in [5.41, 5.74) is 2.33. The Hall–Kier alpha value is -1.43. The molecular weight excluding hydrogens is 342 g/mol. The SMILES string of the molecule is Cc1csc(CN2CCN(C(=O)CCc3ccccc3)CC2)n1.Cl. The van der Waals surface area contributed by atoms with E-state index in [1.54, 1.807) is 11.3 Å². The summed E-state index contributed by atoms with van der Waals surface area (Å²) < 4.78 is 0. The van der Waals surface area contributed by atoms with Crippen LogP contribution in [0.25, 0.3) is 0 Å². The van der Waals surface area contributed by atoms with Crippen LogP contribution < -0.4 is 0 Å². The van der Waals surface area contributed by atoms with Crippen molar-refractivity contribution in [3.63, 3.8) is 0 Å². The van der Waals surface area contributed by atoms with E-state index in [0.717, 1.165) is 44.8 Å². The van der Waals surface area contributed by atoms with Gasteiger partial charge in [0.25, 0.3) is 0 Å². The Morgan fingerprint density at radius 3 is 2.50 bits per heavy atom. The average molecular weight is 366 g/mol. The van der Waals surface area contributed by atoms with Gasteiger partial charge in [-0.2, -0.15) is 0 Å². The van der Waals surface area contributed by atoms with Crippen molar-refractivity contribution in [2.24, 2.45) is 0 Å². The zero-order valence-electron chi connectivity index (χ0n) is 14.0. The maximum absolute atomic E-state index is 12.3. The van der Waals surface area contributed by atoms with Crippen LogP contribution in [0.5, 0.6) is 0 Å². The van der Waals surface area contributed by atoms with E-state index in [9.17, 15) is 4.79 Å². The van der Waals surface area contributed by atoms with Crippen LogP contribution in [-0.4, -0.2) is 46.9 Å². The van der Waals surface area contributed by atoms with E-state index in [2.05, 4.69) is 27.4 Å². The topological polar surface area (TPSA) is 36.4 Å². The summed E-state index contributed by atoms with van der Waals surface area (Å²) in [4.78, 5) is 21.2. The molecule has 0 N–H and O–H groups in total. The van der Waals surface area contributed by atoms with Gasteiger partial charge in [0.2, 0.25) is 5.91 Å². The van der Waals surface area contributed by atoms with Crippen molar-refractivity contribution in [3.8, 4) is 0 Å². The van der Waals surface area contributed by atoms with Crippen molar-refractivity contribution >= 4 is 29.7 Å². The van der Waals surface area contributed by atoms with Crippen molar-refractivity contribution in [2.45, 2.75) is 26.3 Å². The highest BCUT2D eigenvalue weighted by molar-refractivity contribution is 7.09. The molecule has 3 rings (SSSR count). The molecule has 1 aliphatic heterocycles. The molecule has 0 saturated carbocycles. The van der Waals surface area contributed by atoms with Gasteiger partial charge in [-0.15, -0.1) is 23.7 Å². The molecule has 0 bridgehead atoms. The summed E-state index contributed by atoms with van der Waals surface area (Å²) in [6.45, 7) is 6.48. The predicted molar refractivity (Wildman–Crippen MR) is 101 cm³/mol. The van der Waals surface area contributed by atoms with E-state index >= 15 is 0 Å². The van der Waals surface area contributed by atoms with E-state index in [0.29, 0.717) is 6.42 Å². The number of hydrogen-bond acceptors (Lipinski definition) is 4. The summed E-state index contributed by atoms with van der Waals surface area (Å²) in [5.74, 6) is 0.276. The Labute approximate surface area is 153 Å². The number of rotatable bonds is 5.